The fourth-order valence-electron chi connectivity index (χ4n) is 2.74. The van der Waals surface area contributed by atoms with Gasteiger partial charge in [0.2, 0.25) is 0 Å². The van der Waals surface area contributed by atoms with E-state index in [1.54, 1.807) is 6.20 Å². The summed E-state index contributed by atoms with van der Waals surface area (Å²) in [5, 5.41) is 3.37. The molecule has 4 heteroatoms. The Morgan fingerprint density at radius 2 is 1.64 bits per heavy atom. The van der Waals surface area contributed by atoms with Crippen molar-refractivity contribution in [3.63, 3.8) is 0 Å². The molecular formula is C21H18N4. The Morgan fingerprint density at radius 1 is 0.840 bits per heavy atom. The highest BCUT2D eigenvalue weighted by molar-refractivity contribution is 5.75. The first-order valence-corrected chi connectivity index (χ1v) is 8.27. The van der Waals surface area contributed by atoms with Gasteiger partial charge in [0.25, 0.3) is 0 Å². The zero-order chi connectivity index (χ0) is 17.1. The normalized spacial score (nSPS) is 10.8. The lowest BCUT2D eigenvalue weighted by atomic mass is 10.1. The number of fused-ring (bicyclic) bond motifs is 1. The highest BCUT2D eigenvalue weighted by Gasteiger charge is 2.05. The third-order valence-electron chi connectivity index (χ3n) is 4.20. The number of nitrogens with zero attached hydrogens (tertiary/aromatic N) is 3. The summed E-state index contributed by atoms with van der Waals surface area (Å²) in [7, 11) is 0. The van der Waals surface area contributed by atoms with Crippen LogP contribution in [0.25, 0.3) is 22.4 Å². The fourth-order valence-corrected chi connectivity index (χ4v) is 2.74. The summed E-state index contributed by atoms with van der Waals surface area (Å²) in [6, 6.07) is 22.3. The van der Waals surface area contributed by atoms with Crippen LogP contribution in [0.1, 0.15) is 11.1 Å². The smallest absolute Gasteiger partial charge is 0.180 e. The van der Waals surface area contributed by atoms with Crippen molar-refractivity contribution in [2.45, 2.75) is 13.5 Å². The molecule has 0 spiro atoms. The number of anilines is 1. The molecule has 0 fully saturated rings. The van der Waals surface area contributed by atoms with E-state index in [0.717, 1.165) is 29.1 Å². The Bertz CT molecular complexity index is 1010. The lowest BCUT2D eigenvalue weighted by Crippen LogP contribution is -2.03. The highest BCUT2D eigenvalue weighted by Crippen LogP contribution is 2.19. The summed E-state index contributed by atoms with van der Waals surface area (Å²) in [6.07, 6.45) is 1.79. The number of benzene rings is 2. The van der Waals surface area contributed by atoms with E-state index in [-0.39, 0.29) is 0 Å². The van der Waals surface area contributed by atoms with Crippen LogP contribution in [-0.2, 0) is 6.54 Å². The second-order valence-corrected chi connectivity index (χ2v) is 5.94. The molecule has 0 aliphatic carbocycles. The minimum absolute atomic E-state index is 0.649. The van der Waals surface area contributed by atoms with E-state index >= 15 is 0 Å². The van der Waals surface area contributed by atoms with Crippen LogP contribution in [0.5, 0.6) is 0 Å². The molecule has 0 amide bonds. The molecule has 0 aliphatic heterocycles. The van der Waals surface area contributed by atoms with Crippen LogP contribution in [0.4, 0.5) is 5.82 Å². The van der Waals surface area contributed by atoms with Crippen molar-refractivity contribution in [2.24, 2.45) is 0 Å². The Labute approximate surface area is 146 Å². The van der Waals surface area contributed by atoms with Crippen LogP contribution in [0.15, 0.2) is 72.9 Å². The van der Waals surface area contributed by atoms with Crippen LogP contribution in [0, 0.1) is 6.92 Å². The predicted octanol–water partition coefficient (Wildman–Crippen LogP) is 4.61. The van der Waals surface area contributed by atoms with Gasteiger partial charge in [-0.1, -0.05) is 54.6 Å². The summed E-state index contributed by atoms with van der Waals surface area (Å²) < 4.78 is 0. The van der Waals surface area contributed by atoms with Crippen molar-refractivity contribution in [2.75, 3.05) is 5.32 Å². The number of hydrogen-bond acceptors (Lipinski definition) is 4. The molecule has 4 aromatic rings. The topological polar surface area (TPSA) is 50.7 Å². The zero-order valence-electron chi connectivity index (χ0n) is 14.0. The van der Waals surface area contributed by atoms with E-state index in [1.807, 2.05) is 48.5 Å². The third-order valence-corrected chi connectivity index (χ3v) is 4.20. The summed E-state index contributed by atoms with van der Waals surface area (Å²) in [4.78, 5) is 13.8. The summed E-state index contributed by atoms with van der Waals surface area (Å²) in [5.74, 6) is 0.801. The first-order chi connectivity index (χ1) is 12.3. The number of aryl methyl sites for hydroxylation is 1. The SMILES string of the molecule is Cc1ccccc1CNc1ccc2ncc(-c3ccccc3)nc2n1. The molecule has 2 aromatic heterocycles. The molecule has 0 radical (unpaired) electrons. The molecule has 4 nitrogen and oxygen atoms in total. The first kappa shape index (κ1) is 15.3. The van der Waals surface area contributed by atoms with E-state index in [9.17, 15) is 0 Å². The van der Waals surface area contributed by atoms with Crippen LogP contribution in [0.3, 0.4) is 0 Å². The minimum atomic E-state index is 0.649. The first-order valence-electron chi connectivity index (χ1n) is 8.27. The van der Waals surface area contributed by atoms with E-state index in [4.69, 9.17) is 0 Å². The Morgan fingerprint density at radius 3 is 2.48 bits per heavy atom. The van der Waals surface area contributed by atoms with Crippen molar-refractivity contribution < 1.29 is 0 Å². The lowest BCUT2D eigenvalue weighted by molar-refractivity contribution is 1.09. The molecule has 1 N–H and O–H groups in total. The summed E-state index contributed by atoms with van der Waals surface area (Å²) in [5.41, 5.74) is 5.83. The summed E-state index contributed by atoms with van der Waals surface area (Å²) >= 11 is 0. The fraction of sp³-hybridized carbons (Fsp3) is 0.0952. The number of nitrogens with one attached hydrogen (secondary N) is 1. The predicted molar refractivity (Wildman–Crippen MR) is 101 cm³/mol. The maximum Gasteiger partial charge on any atom is 0.180 e. The van der Waals surface area contributed by atoms with E-state index in [0.29, 0.717) is 5.65 Å². The van der Waals surface area contributed by atoms with E-state index < -0.39 is 0 Å². The van der Waals surface area contributed by atoms with Crippen molar-refractivity contribution in [3.8, 4) is 11.3 Å². The maximum atomic E-state index is 4.67. The van der Waals surface area contributed by atoms with Gasteiger partial charge < -0.3 is 5.32 Å². The van der Waals surface area contributed by atoms with Crippen LogP contribution >= 0.6 is 0 Å². The van der Waals surface area contributed by atoms with E-state index in [2.05, 4.69) is 45.4 Å². The van der Waals surface area contributed by atoms with Crippen LogP contribution in [0.2, 0.25) is 0 Å². The largest absolute Gasteiger partial charge is 0.366 e. The average molecular weight is 326 g/mol. The van der Waals surface area contributed by atoms with Gasteiger partial charge >= 0.3 is 0 Å². The highest BCUT2D eigenvalue weighted by atomic mass is 15.0. The molecule has 0 unspecified atom stereocenters. The van der Waals surface area contributed by atoms with Crippen LogP contribution < -0.4 is 5.32 Å². The van der Waals surface area contributed by atoms with Gasteiger partial charge in [0.15, 0.2) is 5.65 Å². The molecule has 0 saturated carbocycles. The van der Waals surface area contributed by atoms with Crippen molar-refractivity contribution in [3.05, 3.63) is 84.1 Å². The van der Waals surface area contributed by atoms with Crippen molar-refractivity contribution >= 4 is 17.0 Å². The number of hydrogen-bond donors (Lipinski definition) is 1. The molecule has 122 valence electrons. The van der Waals surface area contributed by atoms with Crippen LogP contribution in [-0.4, -0.2) is 15.0 Å². The zero-order valence-corrected chi connectivity index (χ0v) is 14.0. The molecule has 0 aliphatic rings. The maximum absolute atomic E-state index is 4.67. The third kappa shape index (κ3) is 3.33. The second-order valence-electron chi connectivity index (χ2n) is 5.94. The molecule has 4 rings (SSSR count). The molecule has 2 heterocycles. The Balaban J connectivity index is 1.61. The van der Waals surface area contributed by atoms with Gasteiger partial charge in [0.05, 0.1) is 11.9 Å². The van der Waals surface area contributed by atoms with Gasteiger partial charge in [0.1, 0.15) is 11.3 Å². The quantitative estimate of drug-likeness (QED) is 0.595. The molecule has 2 aromatic carbocycles. The van der Waals surface area contributed by atoms with Gasteiger partial charge in [0, 0.05) is 12.1 Å². The standard InChI is InChI=1S/C21H18N4/c1-15-7-5-6-10-17(15)13-23-20-12-11-18-21(25-20)24-19(14-22-18)16-8-3-2-4-9-16/h2-12,14H,13H2,1H3,(H,23,24,25). The molecule has 0 saturated heterocycles. The summed E-state index contributed by atoms with van der Waals surface area (Å²) in [6.45, 7) is 2.85. The number of aromatic nitrogens is 3. The monoisotopic (exact) mass is 326 g/mol. The van der Waals surface area contributed by atoms with Gasteiger partial charge in [-0.2, -0.15) is 0 Å². The van der Waals surface area contributed by atoms with Crippen molar-refractivity contribution in [1.82, 2.24) is 15.0 Å². The average Bonchev–Trinajstić information content (AvgIpc) is 2.67. The second kappa shape index (κ2) is 6.69. The van der Waals surface area contributed by atoms with E-state index in [1.165, 1.54) is 11.1 Å². The molecular weight excluding hydrogens is 308 g/mol. The molecule has 0 bridgehead atoms. The number of rotatable bonds is 4. The van der Waals surface area contributed by atoms with Gasteiger partial charge in [-0.05, 0) is 30.2 Å². The lowest BCUT2D eigenvalue weighted by Gasteiger charge is -2.09. The minimum Gasteiger partial charge on any atom is -0.366 e. The Hall–Kier alpha value is -3.27. The number of pyridine rings is 1. The van der Waals surface area contributed by atoms with Gasteiger partial charge in [-0.3, -0.25) is 4.98 Å². The van der Waals surface area contributed by atoms with Gasteiger partial charge in [-0.25, -0.2) is 9.97 Å². The van der Waals surface area contributed by atoms with Crippen molar-refractivity contribution in [1.29, 1.82) is 0 Å². The van der Waals surface area contributed by atoms with Gasteiger partial charge in [-0.15, -0.1) is 0 Å². The Kier molecular flexibility index (Phi) is 4.09. The molecule has 25 heavy (non-hydrogen) atoms. The molecule has 0 atom stereocenters.